The molecule has 0 amide bonds. The van der Waals surface area contributed by atoms with Crippen LogP contribution in [0.2, 0.25) is 0 Å². The Balaban J connectivity index is 1.83. The third kappa shape index (κ3) is 4.34. The summed E-state index contributed by atoms with van der Waals surface area (Å²) >= 11 is 13.3. The molecule has 2 aromatic rings. The number of hydrogen-bond acceptors (Lipinski definition) is 1. The summed E-state index contributed by atoms with van der Waals surface area (Å²) in [4.78, 5) is 0. The second-order valence-corrected chi connectivity index (χ2v) is 8.62. The maximum absolute atomic E-state index is 10.3. The molecule has 5 atom stereocenters. The molecule has 0 spiro atoms. The highest BCUT2D eigenvalue weighted by molar-refractivity contribution is 6.25. The van der Waals surface area contributed by atoms with Gasteiger partial charge in [0.25, 0.3) is 0 Å². The van der Waals surface area contributed by atoms with Crippen molar-refractivity contribution in [2.24, 2.45) is 11.8 Å². The summed E-state index contributed by atoms with van der Waals surface area (Å²) < 4.78 is 0. The molecule has 138 valence electrons. The van der Waals surface area contributed by atoms with E-state index in [0.29, 0.717) is 0 Å². The maximum Gasteiger partial charge on any atom is 0.0812 e. The molecule has 1 fully saturated rings. The maximum atomic E-state index is 10.3. The monoisotopic (exact) mass is 388 g/mol. The van der Waals surface area contributed by atoms with Crippen molar-refractivity contribution in [1.82, 2.24) is 0 Å². The molecule has 2 aromatic carbocycles. The van der Waals surface area contributed by atoms with Gasteiger partial charge in [0.2, 0.25) is 0 Å². The van der Waals surface area contributed by atoms with E-state index < -0.39 is 6.10 Å². The molecule has 0 heterocycles. The first-order chi connectivity index (χ1) is 12.5. The van der Waals surface area contributed by atoms with Crippen LogP contribution in [0.4, 0.5) is 0 Å². The average molecular weight is 389 g/mol. The molecule has 1 saturated carbocycles. The number of hydrogen-bond donors (Lipinski definition) is 1. The highest BCUT2D eigenvalue weighted by Gasteiger charge is 2.41. The minimum Gasteiger partial charge on any atom is -0.388 e. The zero-order chi connectivity index (χ0) is 18.7. The molecule has 0 radical (unpaired) electrons. The molecule has 3 heteroatoms. The predicted octanol–water partition coefficient (Wildman–Crippen LogP) is 6.41. The summed E-state index contributed by atoms with van der Waals surface area (Å²) in [6, 6.07) is 18.5. The van der Waals surface area contributed by atoms with Crippen LogP contribution < -0.4 is 0 Å². The lowest BCUT2D eigenvalue weighted by molar-refractivity contribution is 0.127. The van der Waals surface area contributed by atoms with E-state index in [1.54, 1.807) is 0 Å². The summed E-state index contributed by atoms with van der Waals surface area (Å²) in [5.74, 6) is 0.575. The van der Waals surface area contributed by atoms with Gasteiger partial charge in [-0.15, -0.1) is 23.2 Å². The number of aliphatic hydroxyl groups is 1. The van der Waals surface area contributed by atoms with Crippen LogP contribution in [0.15, 0.2) is 60.7 Å². The van der Waals surface area contributed by atoms with Crippen molar-refractivity contribution in [3.63, 3.8) is 0 Å². The summed E-state index contributed by atoms with van der Waals surface area (Å²) in [5.41, 5.74) is 3.31. The Morgan fingerprint density at radius 2 is 1.62 bits per heavy atom. The third-order valence-corrected chi connectivity index (χ3v) is 6.20. The number of allylic oxidation sites excluding steroid dienone is 1. The van der Waals surface area contributed by atoms with Crippen LogP contribution in [0.5, 0.6) is 0 Å². The van der Waals surface area contributed by atoms with Gasteiger partial charge in [0.05, 0.1) is 6.10 Å². The molecule has 1 N–H and O–H groups in total. The second-order valence-electron chi connectivity index (χ2n) is 7.50. The van der Waals surface area contributed by atoms with Gasteiger partial charge < -0.3 is 5.11 Å². The molecule has 0 bridgehead atoms. The number of rotatable bonds is 5. The van der Waals surface area contributed by atoms with Gasteiger partial charge in [-0.05, 0) is 29.0 Å². The molecular formula is C23H26Cl2O. The van der Waals surface area contributed by atoms with Crippen molar-refractivity contribution in [2.45, 2.75) is 43.0 Å². The molecule has 3 rings (SSSR count). The van der Waals surface area contributed by atoms with Gasteiger partial charge in [-0.25, -0.2) is 0 Å². The minimum atomic E-state index is -0.436. The zero-order valence-electron chi connectivity index (χ0n) is 15.2. The minimum absolute atomic E-state index is 0.0174. The van der Waals surface area contributed by atoms with E-state index in [-0.39, 0.29) is 28.5 Å². The van der Waals surface area contributed by atoms with Gasteiger partial charge in [0.1, 0.15) is 0 Å². The van der Waals surface area contributed by atoms with Crippen LogP contribution in [-0.2, 0) is 0 Å². The van der Waals surface area contributed by atoms with Crippen LogP contribution in [0.25, 0.3) is 6.08 Å². The fraction of sp³-hybridized carbons (Fsp3) is 0.391. The summed E-state index contributed by atoms with van der Waals surface area (Å²) in [7, 11) is 0. The Kier molecular flexibility index (Phi) is 6.45. The van der Waals surface area contributed by atoms with Gasteiger partial charge in [-0.2, -0.15) is 0 Å². The summed E-state index contributed by atoms with van der Waals surface area (Å²) in [5, 5.41) is 10.3. The van der Waals surface area contributed by atoms with Crippen molar-refractivity contribution >= 4 is 29.3 Å². The van der Waals surface area contributed by atoms with Crippen LogP contribution in [0.3, 0.4) is 0 Å². The molecule has 1 nitrogen and oxygen atoms in total. The standard InChI is InChI=1S/C23H26Cl2O/c1-15(2)23(26)18-11-9-17(10-12-18)22-19(20(24)14-21(22)25)13-8-16-6-4-3-5-7-16/h3-13,15,19-23,26H,14H2,1-2H3/b13-8+. The van der Waals surface area contributed by atoms with Gasteiger partial charge in [0.15, 0.2) is 0 Å². The first kappa shape index (κ1) is 19.5. The largest absolute Gasteiger partial charge is 0.388 e. The average Bonchev–Trinajstić information content (AvgIpc) is 2.93. The first-order valence-corrected chi connectivity index (χ1v) is 10.1. The highest BCUT2D eigenvalue weighted by atomic mass is 35.5. The van der Waals surface area contributed by atoms with Crippen molar-refractivity contribution in [2.75, 3.05) is 0 Å². The molecular weight excluding hydrogens is 363 g/mol. The third-order valence-electron chi connectivity index (χ3n) is 5.28. The molecule has 26 heavy (non-hydrogen) atoms. The Labute approximate surface area is 166 Å². The molecule has 5 unspecified atom stereocenters. The highest BCUT2D eigenvalue weighted by Crippen LogP contribution is 2.46. The predicted molar refractivity (Wildman–Crippen MR) is 112 cm³/mol. The number of aliphatic hydroxyl groups excluding tert-OH is 1. The van der Waals surface area contributed by atoms with Gasteiger partial charge >= 0.3 is 0 Å². The lowest BCUT2D eigenvalue weighted by atomic mass is 9.86. The van der Waals surface area contributed by atoms with E-state index in [4.69, 9.17) is 23.2 Å². The van der Waals surface area contributed by atoms with Crippen molar-refractivity contribution < 1.29 is 5.11 Å². The molecule has 0 saturated heterocycles. The fourth-order valence-electron chi connectivity index (χ4n) is 3.74. The van der Waals surface area contributed by atoms with Gasteiger partial charge in [-0.1, -0.05) is 80.6 Å². The number of benzene rings is 2. The summed E-state index contributed by atoms with van der Waals surface area (Å²) in [6.45, 7) is 4.04. The lowest BCUT2D eigenvalue weighted by Crippen LogP contribution is -2.14. The van der Waals surface area contributed by atoms with Crippen LogP contribution in [0, 0.1) is 11.8 Å². The van der Waals surface area contributed by atoms with Crippen LogP contribution in [-0.4, -0.2) is 15.9 Å². The zero-order valence-corrected chi connectivity index (χ0v) is 16.7. The van der Waals surface area contributed by atoms with Gasteiger partial charge in [-0.3, -0.25) is 0 Å². The SMILES string of the molecule is CC(C)C(O)c1ccc(C2C(Cl)CC(Cl)C2/C=C/c2ccccc2)cc1. The Bertz CT molecular complexity index is 724. The van der Waals surface area contributed by atoms with Crippen LogP contribution >= 0.6 is 23.2 Å². The second kappa shape index (κ2) is 8.61. The molecule has 0 aliphatic heterocycles. The molecule has 1 aliphatic carbocycles. The molecule has 1 aliphatic rings. The van der Waals surface area contributed by atoms with Crippen LogP contribution in [0.1, 0.15) is 49.0 Å². The Morgan fingerprint density at radius 3 is 2.23 bits per heavy atom. The Morgan fingerprint density at radius 1 is 0.962 bits per heavy atom. The fourth-order valence-corrected chi connectivity index (χ4v) is 4.77. The van der Waals surface area contributed by atoms with E-state index in [0.717, 1.165) is 12.0 Å². The number of alkyl halides is 2. The van der Waals surface area contributed by atoms with Crippen molar-refractivity contribution in [3.05, 3.63) is 77.4 Å². The van der Waals surface area contributed by atoms with E-state index >= 15 is 0 Å². The molecule has 0 aromatic heterocycles. The normalized spacial score (nSPS) is 27.3. The van der Waals surface area contributed by atoms with E-state index in [2.05, 4.69) is 36.4 Å². The lowest BCUT2D eigenvalue weighted by Gasteiger charge is -2.22. The number of halogens is 2. The van der Waals surface area contributed by atoms with Crippen molar-refractivity contribution in [1.29, 1.82) is 0 Å². The first-order valence-electron chi connectivity index (χ1n) is 9.26. The smallest absolute Gasteiger partial charge is 0.0812 e. The summed E-state index contributed by atoms with van der Waals surface area (Å²) in [6.07, 6.45) is 4.71. The van der Waals surface area contributed by atoms with E-state index in [1.165, 1.54) is 11.1 Å². The van der Waals surface area contributed by atoms with E-state index in [1.807, 2.05) is 44.2 Å². The van der Waals surface area contributed by atoms with E-state index in [9.17, 15) is 5.11 Å². The quantitative estimate of drug-likeness (QED) is 0.586. The van der Waals surface area contributed by atoms with Crippen molar-refractivity contribution in [3.8, 4) is 0 Å². The topological polar surface area (TPSA) is 20.2 Å². The van der Waals surface area contributed by atoms with Gasteiger partial charge in [0, 0.05) is 22.6 Å². The Hall–Kier alpha value is -1.28.